The van der Waals surface area contributed by atoms with Gasteiger partial charge in [-0.1, -0.05) is 48.0 Å². The normalized spacial score (nSPS) is 22.2. The van der Waals surface area contributed by atoms with E-state index in [2.05, 4.69) is 26.9 Å². The molecule has 9 heteroatoms. The van der Waals surface area contributed by atoms with E-state index in [1.807, 2.05) is 19.1 Å². The van der Waals surface area contributed by atoms with E-state index in [0.717, 1.165) is 31.7 Å². The number of likely N-dealkylation sites (N-methyl/N-ethyl adjacent to an activating group) is 1. The van der Waals surface area contributed by atoms with E-state index in [0.29, 0.717) is 27.4 Å². The van der Waals surface area contributed by atoms with E-state index in [-0.39, 0.29) is 17.2 Å². The van der Waals surface area contributed by atoms with Gasteiger partial charge >= 0.3 is 0 Å². The Bertz CT molecular complexity index is 865. The molecule has 0 N–H and O–H groups in total. The van der Waals surface area contributed by atoms with Crippen molar-refractivity contribution in [3.8, 4) is 0 Å². The highest BCUT2D eigenvalue weighted by molar-refractivity contribution is 8.00. The Morgan fingerprint density at radius 1 is 1.22 bits per heavy atom. The van der Waals surface area contributed by atoms with Crippen LogP contribution >= 0.6 is 35.0 Å². The van der Waals surface area contributed by atoms with Gasteiger partial charge in [-0.25, -0.2) is 4.98 Å². The lowest BCUT2D eigenvalue weighted by atomic mass is 10.00. The molecular weight excluding hydrogens is 405 g/mol. The third-order valence-corrected chi connectivity index (χ3v) is 7.05. The number of carbonyl (C=O) groups is 1. The molecule has 0 saturated carbocycles. The molecule has 0 spiro atoms. The lowest BCUT2D eigenvalue weighted by Gasteiger charge is -2.39. The quantitative estimate of drug-likeness (QED) is 0.748. The topological polar surface area (TPSA) is 54.3 Å². The summed E-state index contributed by atoms with van der Waals surface area (Å²) < 4.78 is 1.47. The van der Waals surface area contributed by atoms with Crippen LogP contribution in [0.25, 0.3) is 0 Å². The van der Waals surface area contributed by atoms with Crippen LogP contribution in [0.3, 0.4) is 0 Å². The lowest BCUT2D eigenvalue weighted by molar-refractivity contribution is 0.0766. The molecule has 4 rings (SSSR count). The van der Waals surface area contributed by atoms with Crippen LogP contribution in [0.5, 0.6) is 0 Å². The van der Waals surface area contributed by atoms with Gasteiger partial charge in [-0.3, -0.25) is 9.69 Å². The van der Waals surface area contributed by atoms with E-state index in [9.17, 15) is 4.79 Å². The lowest BCUT2D eigenvalue weighted by Crippen LogP contribution is -2.49. The van der Waals surface area contributed by atoms with Crippen LogP contribution in [0.1, 0.15) is 29.1 Å². The molecule has 0 aliphatic carbocycles. The zero-order valence-corrected chi connectivity index (χ0v) is 17.6. The Hall–Kier alpha value is -1.12. The minimum Gasteiger partial charge on any atom is -0.304 e. The standard InChI is InChI=1S/C18H21Cl2N5OS/c1-3-14-21-18-25(22-14)17(26)16(27-18)15(24-8-6-23(2)7-9-24)11-4-5-12(19)13(20)10-11/h4-5,10,15-16H,3,6-9H2,1-2H3. The summed E-state index contributed by atoms with van der Waals surface area (Å²) in [5.41, 5.74) is 1.00. The number of piperazine rings is 1. The molecule has 27 heavy (non-hydrogen) atoms. The summed E-state index contributed by atoms with van der Waals surface area (Å²) in [5, 5.41) is 5.77. The third-order valence-electron chi connectivity index (χ3n) is 5.13. The first-order chi connectivity index (χ1) is 13.0. The number of halogens is 2. The Kier molecular flexibility index (Phi) is 5.49. The fraction of sp³-hybridized carbons (Fsp3) is 0.500. The Morgan fingerprint density at radius 3 is 2.59 bits per heavy atom. The molecule has 1 aromatic carbocycles. The molecule has 1 aromatic heterocycles. The highest BCUT2D eigenvalue weighted by atomic mass is 35.5. The van der Waals surface area contributed by atoms with Crippen LogP contribution in [0.15, 0.2) is 23.4 Å². The van der Waals surface area contributed by atoms with Gasteiger partial charge in [0.2, 0.25) is 0 Å². The Morgan fingerprint density at radius 2 is 1.96 bits per heavy atom. The van der Waals surface area contributed by atoms with E-state index in [1.54, 1.807) is 6.07 Å². The highest BCUT2D eigenvalue weighted by Gasteiger charge is 2.43. The van der Waals surface area contributed by atoms with Gasteiger partial charge in [0, 0.05) is 32.6 Å². The predicted molar refractivity (Wildman–Crippen MR) is 108 cm³/mol. The van der Waals surface area contributed by atoms with Crippen LogP contribution in [-0.2, 0) is 6.42 Å². The number of benzene rings is 1. The molecule has 1 fully saturated rings. The number of aryl methyl sites for hydroxylation is 1. The van der Waals surface area contributed by atoms with Crippen molar-refractivity contribution >= 4 is 40.9 Å². The molecule has 2 unspecified atom stereocenters. The first-order valence-electron chi connectivity index (χ1n) is 9.02. The summed E-state index contributed by atoms with van der Waals surface area (Å²) in [6, 6.07) is 5.56. The number of carbonyl (C=O) groups excluding carboxylic acids is 1. The zero-order valence-electron chi connectivity index (χ0n) is 15.2. The summed E-state index contributed by atoms with van der Waals surface area (Å²) in [6.07, 6.45) is 0.715. The molecule has 2 atom stereocenters. The van der Waals surface area contributed by atoms with Gasteiger partial charge in [-0.2, -0.15) is 4.68 Å². The first kappa shape index (κ1) is 19.2. The number of hydrogen-bond donors (Lipinski definition) is 0. The third kappa shape index (κ3) is 3.63. The maximum atomic E-state index is 13.1. The van der Waals surface area contributed by atoms with Crippen LogP contribution in [0.4, 0.5) is 0 Å². The van der Waals surface area contributed by atoms with Crippen molar-refractivity contribution in [2.24, 2.45) is 0 Å². The summed E-state index contributed by atoms with van der Waals surface area (Å²) in [7, 11) is 2.12. The van der Waals surface area contributed by atoms with Gasteiger partial charge in [0.05, 0.1) is 16.1 Å². The molecule has 2 aliphatic heterocycles. The summed E-state index contributed by atoms with van der Waals surface area (Å²) >= 11 is 13.9. The number of aromatic nitrogens is 3. The van der Waals surface area contributed by atoms with E-state index >= 15 is 0 Å². The second-order valence-electron chi connectivity index (χ2n) is 6.91. The molecule has 2 aliphatic rings. The van der Waals surface area contributed by atoms with Crippen LogP contribution < -0.4 is 0 Å². The van der Waals surface area contributed by atoms with Crippen molar-refractivity contribution in [2.45, 2.75) is 29.8 Å². The second kappa shape index (κ2) is 7.72. The van der Waals surface area contributed by atoms with Gasteiger partial charge in [0.25, 0.3) is 5.91 Å². The van der Waals surface area contributed by atoms with E-state index in [4.69, 9.17) is 23.2 Å². The van der Waals surface area contributed by atoms with Gasteiger partial charge in [0.1, 0.15) is 5.25 Å². The molecule has 0 radical (unpaired) electrons. The monoisotopic (exact) mass is 425 g/mol. The van der Waals surface area contributed by atoms with Crippen molar-refractivity contribution in [1.29, 1.82) is 0 Å². The van der Waals surface area contributed by atoms with Crippen molar-refractivity contribution in [3.05, 3.63) is 39.6 Å². The highest BCUT2D eigenvalue weighted by Crippen LogP contribution is 2.42. The molecule has 0 amide bonds. The SMILES string of the molecule is CCc1nc2n(n1)C(=O)C(C(c1ccc(Cl)c(Cl)c1)N1CCN(C)CC1)S2. The number of nitrogens with zero attached hydrogens (tertiary/aromatic N) is 5. The van der Waals surface area contributed by atoms with Crippen LogP contribution in [-0.4, -0.2) is 68.9 Å². The molecule has 144 valence electrons. The summed E-state index contributed by atoms with van der Waals surface area (Å²) in [5.74, 6) is 0.687. The Balaban J connectivity index is 1.68. The van der Waals surface area contributed by atoms with Gasteiger partial charge < -0.3 is 4.90 Å². The van der Waals surface area contributed by atoms with E-state index < -0.39 is 0 Å². The number of fused-ring (bicyclic) bond motifs is 1. The second-order valence-corrected chi connectivity index (χ2v) is 8.83. The van der Waals surface area contributed by atoms with Gasteiger partial charge in [-0.15, -0.1) is 5.10 Å². The molecular formula is C18H21Cl2N5OS. The van der Waals surface area contributed by atoms with Crippen LogP contribution in [0.2, 0.25) is 10.0 Å². The minimum atomic E-state index is -0.299. The molecule has 1 saturated heterocycles. The van der Waals surface area contributed by atoms with Gasteiger partial charge in [-0.05, 0) is 24.7 Å². The summed E-state index contributed by atoms with van der Waals surface area (Å²) in [6.45, 7) is 5.70. The zero-order chi connectivity index (χ0) is 19.1. The maximum Gasteiger partial charge on any atom is 0.264 e. The predicted octanol–water partition coefficient (Wildman–Crippen LogP) is 3.25. The van der Waals surface area contributed by atoms with E-state index in [1.165, 1.54) is 16.4 Å². The van der Waals surface area contributed by atoms with Crippen molar-refractivity contribution in [3.63, 3.8) is 0 Å². The van der Waals surface area contributed by atoms with Crippen LogP contribution in [0, 0.1) is 0 Å². The van der Waals surface area contributed by atoms with Crippen molar-refractivity contribution in [1.82, 2.24) is 24.6 Å². The minimum absolute atomic E-state index is 0.0165. The number of thioether (sulfide) groups is 1. The molecule has 0 bridgehead atoms. The molecule has 3 heterocycles. The molecule has 6 nitrogen and oxygen atoms in total. The van der Waals surface area contributed by atoms with Crippen molar-refractivity contribution < 1.29 is 4.79 Å². The maximum absolute atomic E-state index is 13.1. The number of rotatable bonds is 4. The smallest absolute Gasteiger partial charge is 0.264 e. The van der Waals surface area contributed by atoms with Gasteiger partial charge in [0.15, 0.2) is 11.0 Å². The number of hydrogen-bond acceptors (Lipinski definition) is 6. The Labute approximate surface area is 172 Å². The molecule has 2 aromatic rings. The fourth-order valence-corrected chi connectivity index (χ4v) is 5.15. The summed E-state index contributed by atoms with van der Waals surface area (Å²) in [4.78, 5) is 22.3. The largest absolute Gasteiger partial charge is 0.304 e. The fourth-order valence-electron chi connectivity index (χ4n) is 3.57. The average molecular weight is 426 g/mol. The van der Waals surface area contributed by atoms with Crippen molar-refractivity contribution in [2.75, 3.05) is 33.2 Å². The first-order valence-corrected chi connectivity index (χ1v) is 10.7. The average Bonchev–Trinajstić information content (AvgIpc) is 3.19.